The first-order chi connectivity index (χ1) is 8.86. The molecule has 1 aliphatic rings. The number of aromatic nitrogens is 1. The molecule has 1 fully saturated rings. The number of rotatable bonds is 1. The fourth-order valence-electron chi connectivity index (χ4n) is 2.54. The Kier molecular flexibility index (Phi) is 2.97. The van der Waals surface area contributed by atoms with Crippen LogP contribution in [0.3, 0.4) is 0 Å². The molecule has 18 heavy (non-hydrogen) atoms. The van der Waals surface area contributed by atoms with Crippen LogP contribution in [0.1, 0.15) is 29.6 Å². The van der Waals surface area contributed by atoms with Crippen LogP contribution in [0, 0.1) is 0 Å². The summed E-state index contributed by atoms with van der Waals surface area (Å²) in [5.74, 6) is 0.124. The van der Waals surface area contributed by atoms with Crippen molar-refractivity contribution in [1.29, 1.82) is 0 Å². The molecule has 2 aromatic rings. The molecular weight excluding hydrogens is 224 g/mol. The second-order valence-electron chi connectivity index (χ2n) is 4.73. The highest BCUT2D eigenvalue weighted by Crippen LogP contribution is 2.19. The van der Waals surface area contributed by atoms with Gasteiger partial charge in [-0.3, -0.25) is 9.78 Å². The van der Waals surface area contributed by atoms with Crippen molar-refractivity contribution < 1.29 is 4.79 Å². The van der Waals surface area contributed by atoms with Gasteiger partial charge in [0.25, 0.3) is 5.91 Å². The minimum absolute atomic E-state index is 0.124. The van der Waals surface area contributed by atoms with Crippen molar-refractivity contribution in [3.8, 4) is 0 Å². The SMILES string of the molecule is O=C(c1cccc2cccnc12)N1CCCCC1. The molecule has 0 atom stereocenters. The molecule has 3 nitrogen and oxygen atoms in total. The summed E-state index contributed by atoms with van der Waals surface area (Å²) in [6, 6.07) is 9.70. The van der Waals surface area contributed by atoms with E-state index in [-0.39, 0.29) is 5.91 Å². The van der Waals surface area contributed by atoms with Crippen LogP contribution in [0.5, 0.6) is 0 Å². The molecule has 1 aromatic carbocycles. The van der Waals surface area contributed by atoms with E-state index in [0.29, 0.717) is 0 Å². The Labute approximate surface area is 106 Å². The Morgan fingerprint density at radius 2 is 1.83 bits per heavy atom. The van der Waals surface area contributed by atoms with Crippen LogP contribution in [0.2, 0.25) is 0 Å². The summed E-state index contributed by atoms with van der Waals surface area (Å²) in [6.45, 7) is 1.75. The van der Waals surface area contributed by atoms with Gasteiger partial charge in [-0.05, 0) is 31.4 Å². The van der Waals surface area contributed by atoms with Crippen molar-refractivity contribution in [3.05, 3.63) is 42.1 Å². The lowest BCUT2D eigenvalue weighted by Gasteiger charge is -2.27. The minimum Gasteiger partial charge on any atom is -0.339 e. The molecule has 1 aromatic heterocycles. The summed E-state index contributed by atoms with van der Waals surface area (Å²) >= 11 is 0. The van der Waals surface area contributed by atoms with Crippen LogP contribution in [0.15, 0.2) is 36.5 Å². The number of fused-ring (bicyclic) bond motifs is 1. The summed E-state index contributed by atoms with van der Waals surface area (Å²) in [4.78, 5) is 18.8. The lowest BCUT2D eigenvalue weighted by atomic mass is 10.1. The van der Waals surface area contributed by atoms with Crippen molar-refractivity contribution >= 4 is 16.8 Å². The van der Waals surface area contributed by atoms with Gasteiger partial charge in [0, 0.05) is 24.7 Å². The van der Waals surface area contributed by atoms with E-state index in [2.05, 4.69) is 4.98 Å². The average Bonchev–Trinajstić information content (AvgIpc) is 2.47. The van der Waals surface area contributed by atoms with Gasteiger partial charge < -0.3 is 4.90 Å². The van der Waals surface area contributed by atoms with E-state index in [1.807, 2.05) is 35.2 Å². The smallest absolute Gasteiger partial charge is 0.256 e. The zero-order valence-electron chi connectivity index (χ0n) is 10.3. The number of piperidine rings is 1. The van der Waals surface area contributed by atoms with Gasteiger partial charge >= 0.3 is 0 Å². The van der Waals surface area contributed by atoms with Crippen LogP contribution >= 0.6 is 0 Å². The summed E-state index contributed by atoms with van der Waals surface area (Å²) in [5, 5.41) is 1.03. The molecule has 92 valence electrons. The highest BCUT2D eigenvalue weighted by atomic mass is 16.2. The van der Waals surface area contributed by atoms with Gasteiger partial charge in [-0.2, -0.15) is 0 Å². The lowest BCUT2D eigenvalue weighted by molar-refractivity contribution is 0.0726. The Balaban J connectivity index is 2.00. The normalized spacial score (nSPS) is 15.9. The Bertz CT molecular complexity index is 568. The summed E-state index contributed by atoms with van der Waals surface area (Å²) in [7, 11) is 0. The van der Waals surface area contributed by atoms with Crippen LogP contribution < -0.4 is 0 Å². The molecule has 1 saturated heterocycles. The maximum atomic E-state index is 12.5. The van der Waals surface area contributed by atoms with Gasteiger partial charge in [-0.1, -0.05) is 18.2 Å². The quantitative estimate of drug-likeness (QED) is 0.768. The first-order valence-corrected chi connectivity index (χ1v) is 6.49. The molecule has 0 radical (unpaired) electrons. The van der Waals surface area contributed by atoms with Crippen LogP contribution in [0.25, 0.3) is 10.9 Å². The van der Waals surface area contributed by atoms with Crippen LogP contribution in [-0.4, -0.2) is 28.9 Å². The van der Waals surface area contributed by atoms with Gasteiger partial charge in [0.15, 0.2) is 0 Å². The van der Waals surface area contributed by atoms with E-state index in [4.69, 9.17) is 0 Å². The third-order valence-corrected chi connectivity index (χ3v) is 3.51. The summed E-state index contributed by atoms with van der Waals surface area (Å²) < 4.78 is 0. The largest absolute Gasteiger partial charge is 0.339 e. The number of benzene rings is 1. The number of pyridine rings is 1. The van der Waals surface area contributed by atoms with Gasteiger partial charge in [-0.25, -0.2) is 0 Å². The lowest BCUT2D eigenvalue weighted by Crippen LogP contribution is -2.35. The number of carbonyl (C=O) groups is 1. The van der Waals surface area contributed by atoms with E-state index in [0.717, 1.165) is 42.4 Å². The van der Waals surface area contributed by atoms with Crippen molar-refractivity contribution in [2.45, 2.75) is 19.3 Å². The average molecular weight is 240 g/mol. The maximum absolute atomic E-state index is 12.5. The number of hydrogen-bond donors (Lipinski definition) is 0. The number of carbonyl (C=O) groups excluding carboxylic acids is 1. The van der Waals surface area contributed by atoms with Crippen LogP contribution in [0.4, 0.5) is 0 Å². The van der Waals surface area contributed by atoms with Crippen molar-refractivity contribution in [2.75, 3.05) is 13.1 Å². The third-order valence-electron chi connectivity index (χ3n) is 3.51. The monoisotopic (exact) mass is 240 g/mol. The van der Waals surface area contributed by atoms with Gasteiger partial charge in [-0.15, -0.1) is 0 Å². The zero-order valence-corrected chi connectivity index (χ0v) is 10.3. The maximum Gasteiger partial charge on any atom is 0.256 e. The van der Waals surface area contributed by atoms with Crippen molar-refractivity contribution in [1.82, 2.24) is 9.88 Å². The number of hydrogen-bond acceptors (Lipinski definition) is 2. The van der Waals surface area contributed by atoms with Gasteiger partial charge in [0.1, 0.15) is 0 Å². The number of likely N-dealkylation sites (tertiary alicyclic amines) is 1. The zero-order chi connectivity index (χ0) is 12.4. The minimum atomic E-state index is 0.124. The fraction of sp³-hybridized carbons (Fsp3) is 0.333. The summed E-state index contributed by atoms with van der Waals surface area (Å²) in [6.07, 6.45) is 5.21. The molecule has 0 spiro atoms. The molecule has 0 saturated carbocycles. The van der Waals surface area contributed by atoms with E-state index in [9.17, 15) is 4.79 Å². The van der Waals surface area contributed by atoms with Gasteiger partial charge in [0.2, 0.25) is 0 Å². The molecule has 0 aliphatic carbocycles. The molecule has 2 heterocycles. The third kappa shape index (κ3) is 1.96. The molecule has 1 aliphatic heterocycles. The Hall–Kier alpha value is -1.90. The topological polar surface area (TPSA) is 33.2 Å². The number of para-hydroxylation sites is 1. The van der Waals surface area contributed by atoms with Gasteiger partial charge in [0.05, 0.1) is 11.1 Å². The molecule has 0 bridgehead atoms. The second kappa shape index (κ2) is 4.77. The summed E-state index contributed by atoms with van der Waals surface area (Å²) in [5.41, 5.74) is 1.55. The molecule has 3 rings (SSSR count). The predicted molar refractivity (Wildman–Crippen MR) is 71.5 cm³/mol. The molecule has 3 heteroatoms. The highest BCUT2D eigenvalue weighted by Gasteiger charge is 2.20. The predicted octanol–water partition coefficient (Wildman–Crippen LogP) is 2.86. The van der Waals surface area contributed by atoms with E-state index in [1.54, 1.807) is 6.20 Å². The second-order valence-corrected chi connectivity index (χ2v) is 4.73. The van der Waals surface area contributed by atoms with E-state index in [1.165, 1.54) is 6.42 Å². The van der Waals surface area contributed by atoms with E-state index < -0.39 is 0 Å². The first kappa shape index (κ1) is 11.2. The molecule has 0 unspecified atom stereocenters. The molecular formula is C15H16N2O. The Morgan fingerprint density at radius 3 is 2.67 bits per heavy atom. The van der Waals surface area contributed by atoms with Crippen molar-refractivity contribution in [3.63, 3.8) is 0 Å². The molecule has 0 N–H and O–H groups in total. The fourth-order valence-corrected chi connectivity index (χ4v) is 2.54. The van der Waals surface area contributed by atoms with E-state index >= 15 is 0 Å². The first-order valence-electron chi connectivity index (χ1n) is 6.49. The number of nitrogens with zero attached hydrogens (tertiary/aromatic N) is 2. The molecule has 1 amide bonds. The van der Waals surface area contributed by atoms with Crippen molar-refractivity contribution in [2.24, 2.45) is 0 Å². The Morgan fingerprint density at radius 1 is 1.06 bits per heavy atom. The number of amides is 1. The van der Waals surface area contributed by atoms with Crippen LogP contribution in [-0.2, 0) is 0 Å². The highest BCUT2D eigenvalue weighted by molar-refractivity contribution is 6.05. The standard InChI is InChI=1S/C15H16N2O/c18-15(17-10-2-1-3-11-17)13-8-4-6-12-7-5-9-16-14(12)13/h4-9H,1-3,10-11H2.